The van der Waals surface area contributed by atoms with E-state index in [0.717, 1.165) is 6.26 Å². The van der Waals surface area contributed by atoms with E-state index < -0.39 is 15.7 Å². The minimum atomic E-state index is -3.46. The minimum absolute atomic E-state index is 0.0269. The van der Waals surface area contributed by atoms with Gasteiger partial charge in [-0.15, -0.1) is 0 Å². The zero-order valence-corrected chi connectivity index (χ0v) is 16.0. The average molecular weight is 405 g/mol. The van der Waals surface area contributed by atoms with Gasteiger partial charge in [-0.2, -0.15) is 0 Å². The van der Waals surface area contributed by atoms with Crippen LogP contribution >= 0.6 is 11.6 Å². The first-order valence-corrected chi connectivity index (χ1v) is 10.2. The van der Waals surface area contributed by atoms with Crippen LogP contribution in [-0.2, 0) is 16.4 Å². The van der Waals surface area contributed by atoms with E-state index in [2.05, 4.69) is 10.3 Å². The fourth-order valence-electron chi connectivity index (χ4n) is 2.55. The van der Waals surface area contributed by atoms with Gasteiger partial charge in [0.15, 0.2) is 9.84 Å². The highest BCUT2D eigenvalue weighted by atomic mass is 35.5. The van der Waals surface area contributed by atoms with Crippen molar-refractivity contribution in [3.8, 4) is 5.82 Å². The van der Waals surface area contributed by atoms with Crippen molar-refractivity contribution in [2.75, 3.05) is 11.6 Å². The zero-order valence-electron chi connectivity index (χ0n) is 14.4. The number of halogens is 1. The highest BCUT2D eigenvalue weighted by Gasteiger charge is 2.15. The van der Waals surface area contributed by atoms with Crippen LogP contribution in [0.5, 0.6) is 0 Å². The Kier molecular flexibility index (Phi) is 5.31. The Labute approximate surface area is 161 Å². The van der Waals surface area contributed by atoms with Crippen LogP contribution in [0.2, 0.25) is 5.02 Å². The van der Waals surface area contributed by atoms with Crippen LogP contribution in [-0.4, -0.2) is 30.1 Å². The molecule has 0 saturated heterocycles. The van der Waals surface area contributed by atoms with E-state index in [1.165, 1.54) is 18.2 Å². The number of hydrogen-bond donors (Lipinski definition) is 2. The summed E-state index contributed by atoms with van der Waals surface area (Å²) >= 11 is 5.97. The van der Waals surface area contributed by atoms with Crippen LogP contribution in [0.4, 0.5) is 5.69 Å². The molecule has 3 N–H and O–H groups in total. The van der Waals surface area contributed by atoms with Crippen molar-refractivity contribution in [3.63, 3.8) is 0 Å². The Hall–Kier alpha value is -2.68. The molecule has 0 unspecified atom stereocenters. The molecule has 0 aliphatic carbocycles. The maximum Gasteiger partial charge on any atom is 0.257 e. The van der Waals surface area contributed by atoms with Gasteiger partial charge in [-0.3, -0.25) is 4.79 Å². The standard InChI is InChI=1S/C18H17ClN4O3S/c1-27(25,26)16-8-13(19)7-14(9-16)22-18(24)12-6-15(10-20)23(11-12)17-4-2-3-5-21-17/h2-9,11H,10,20H2,1H3,(H,22,24). The average Bonchev–Trinajstić information content (AvgIpc) is 3.06. The summed E-state index contributed by atoms with van der Waals surface area (Å²) in [6, 6.07) is 11.3. The summed E-state index contributed by atoms with van der Waals surface area (Å²) in [5.74, 6) is 0.222. The van der Waals surface area contributed by atoms with Crippen molar-refractivity contribution in [3.05, 3.63) is 71.1 Å². The minimum Gasteiger partial charge on any atom is -0.325 e. The van der Waals surface area contributed by atoms with E-state index in [1.807, 2.05) is 6.07 Å². The molecule has 0 aliphatic heterocycles. The third-order valence-electron chi connectivity index (χ3n) is 3.82. The maximum atomic E-state index is 12.6. The molecule has 0 fully saturated rings. The number of rotatable bonds is 5. The van der Waals surface area contributed by atoms with Gasteiger partial charge >= 0.3 is 0 Å². The molecule has 9 heteroatoms. The number of benzene rings is 1. The topological polar surface area (TPSA) is 107 Å². The van der Waals surface area contributed by atoms with Crippen LogP contribution < -0.4 is 11.1 Å². The molecule has 140 valence electrons. The van der Waals surface area contributed by atoms with Gasteiger partial charge in [0.25, 0.3) is 5.91 Å². The number of pyridine rings is 1. The quantitative estimate of drug-likeness (QED) is 0.679. The van der Waals surface area contributed by atoms with Gasteiger partial charge < -0.3 is 15.6 Å². The molecule has 0 aliphatic rings. The zero-order chi connectivity index (χ0) is 19.6. The van der Waals surface area contributed by atoms with E-state index >= 15 is 0 Å². The highest BCUT2D eigenvalue weighted by molar-refractivity contribution is 7.90. The number of amides is 1. The Balaban J connectivity index is 1.92. The number of nitrogens with two attached hydrogens (primary N) is 1. The summed E-state index contributed by atoms with van der Waals surface area (Å²) in [4.78, 5) is 16.9. The molecule has 1 amide bonds. The predicted octanol–water partition coefficient (Wildman–Crippen LogP) is 2.64. The van der Waals surface area contributed by atoms with Crippen LogP contribution in [0.3, 0.4) is 0 Å². The molecule has 3 rings (SSSR count). The van der Waals surface area contributed by atoms with E-state index in [1.54, 1.807) is 35.2 Å². The molecule has 2 heterocycles. The van der Waals surface area contributed by atoms with Crippen molar-refractivity contribution >= 4 is 33.0 Å². The first kappa shape index (κ1) is 19.1. The second-order valence-corrected chi connectivity index (χ2v) is 8.34. The molecular formula is C18H17ClN4O3S. The van der Waals surface area contributed by atoms with Gasteiger partial charge in [-0.1, -0.05) is 17.7 Å². The molecule has 0 radical (unpaired) electrons. The SMILES string of the molecule is CS(=O)(=O)c1cc(Cl)cc(NC(=O)c2cc(CN)n(-c3ccccn3)c2)c1. The number of carbonyl (C=O) groups excluding carboxylic acids is 1. The highest BCUT2D eigenvalue weighted by Crippen LogP contribution is 2.23. The number of aromatic nitrogens is 2. The van der Waals surface area contributed by atoms with Gasteiger partial charge in [0, 0.05) is 41.6 Å². The lowest BCUT2D eigenvalue weighted by molar-refractivity contribution is 0.102. The number of anilines is 1. The Morgan fingerprint density at radius 1 is 1.26 bits per heavy atom. The normalized spacial score (nSPS) is 11.4. The maximum absolute atomic E-state index is 12.6. The van der Waals surface area contributed by atoms with Crippen molar-refractivity contribution in [1.82, 2.24) is 9.55 Å². The Morgan fingerprint density at radius 3 is 2.67 bits per heavy atom. The lowest BCUT2D eigenvalue weighted by atomic mass is 10.2. The second kappa shape index (κ2) is 7.51. The lowest BCUT2D eigenvalue weighted by Crippen LogP contribution is -2.12. The molecule has 0 spiro atoms. The molecule has 2 aromatic heterocycles. The fourth-order valence-corrected chi connectivity index (χ4v) is 3.53. The van der Waals surface area contributed by atoms with E-state index in [4.69, 9.17) is 17.3 Å². The van der Waals surface area contributed by atoms with Gasteiger partial charge in [-0.25, -0.2) is 13.4 Å². The summed E-state index contributed by atoms with van der Waals surface area (Å²) < 4.78 is 25.2. The van der Waals surface area contributed by atoms with Crippen LogP contribution in [0.25, 0.3) is 5.82 Å². The molecule has 1 aromatic carbocycles. The van der Waals surface area contributed by atoms with Gasteiger partial charge in [0.2, 0.25) is 0 Å². The first-order valence-electron chi connectivity index (χ1n) is 7.92. The molecule has 7 nitrogen and oxygen atoms in total. The van der Waals surface area contributed by atoms with E-state index in [-0.39, 0.29) is 22.2 Å². The Morgan fingerprint density at radius 2 is 2.04 bits per heavy atom. The van der Waals surface area contributed by atoms with Crippen LogP contribution in [0.1, 0.15) is 16.1 Å². The third-order valence-corrected chi connectivity index (χ3v) is 5.13. The molecule has 0 saturated carbocycles. The molecule has 27 heavy (non-hydrogen) atoms. The van der Waals surface area contributed by atoms with Crippen molar-refractivity contribution in [2.45, 2.75) is 11.4 Å². The summed E-state index contributed by atoms with van der Waals surface area (Å²) in [6.45, 7) is 0.221. The third kappa shape index (κ3) is 4.36. The number of nitrogens with one attached hydrogen (secondary N) is 1. The number of nitrogens with zero attached hydrogens (tertiary/aromatic N) is 2. The van der Waals surface area contributed by atoms with Gasteiger partial charge in [0.1, 0.15) is 5.82 Å². The van der Waals surface area contributed by atoms with Crippen molar-refractivity contribution < 1.29 is 13.2 Å². The molecular weight excluding hydrogens is 388 g/mol. The van der Waals surface area contributed by atoms with E-state index in [0.29, 0.717) is 17.1 Å². The van der Waals surface area contributed by atoms with Gasteiger partial charge in [0.05, 0.1) is 10.5 Å². The van der Waals surface area contributed by atoms with Crippen LogP contribution in [0.15, 0.2) is 59.8 Å². The van der Waals surface area contributed by atoms with E-state index in [9.17, 15) is 13.2 Å². The largest absolute Gasteiger partial charge is 0.325 e. The van der Waals surface area contributed by atoms with Crippen molar-refractivity contribution in [2.24, 2.45) is 5.73 Å². The Bertz CT molecular complexity index is 1100. The number of carbonyl (C=O) groups is 1. The molecule has 3 aromatic rings. The summed E-state index contributed by atoms with van der Waals surface area (Å²) in [5, 5.41) is 2.88. The summed E-state index contributed by atoms with van der Waals surface area (Å²) in [7, 11) is -3.46. The number of sulfone groups is 1. The monoisotopic (exact) mass is 404 g/mol. The lowest BCUT2D eigenvalue weighted by Gasteiger charge is -2.07. The van der Waals surface area contributed by atoms with Crippen molar-refractivity contribution in [1.29, 1.82) is 0 Å². The van der Waals surface area contributed by atoms with Gasteiger partial charge in [-0.05, 0) is 36.4 Å². The first-order chi connectivity index (χ1) is 12.8. The smallest absolute Gasteiger partial charge is 0.257 e. The number of hydrogen-bond acceptors (Lipinski definition) is 5. The molecule has 0 bridgehead atoms. The summed E-state index contributed by atoms with van der Waals surface area (Å²) in [6.07, 6.45) is 4.35. The fraction of sp³-hybridized carbons (Fsp3) is 0.111. The molecule has 0 atom stereocenters. The second-order valence-electron chi connectivity index (χ2n) is 5.88. The van der Waals surface area contributed by atoms with Crippen LogP contribution in [0, 0.1) is 0 Å². The predicted molar refractivity (Wildman–Crippen MR) is 104 cm³/mol. The summed E-state index contributed by atoms with van der Waals surface area (Å²) in [5.41, 5.74) is 7.14.